The van der Waals surface area contributed by atoms with Crippen molar-refractivity contribution < 1.29 is 14.3 Å². The van der Waals surface area contributed by atoms with Crippen LogP contribution in [0, 0.1) is 5.92 Å². The van der Waals surface area contributed by atoms with Crippen LogP contribution in [-0.2, 0) is 4.79 Å². The van der Waals surface area contributed by atoms with Crippen molar-refractivity contribution in [1.82, 2.24) is 15.1 Å². The largest absolute Gasteiger partial charge is 0.497 e. The fourth-order valence-electron chi connectivity index (χ4n) is 3.76. The number of amides is 2. The SMILES string of the molecule is COc1cccc(-c2ccccc2NC(=O)C2CCN(C(=O)c3ccn[nH]3)CC2)c1. The maximum atomic E-state index is 12.9. The van der Waals surface area contributed by atoms with Crippen LogP contribution in [0.25, 0.3) is 11.1 Å². The molecular formula is C23H24N4O3. The molecule has 2 heterocycles. The van der Waals surface area contributed by atoms with Crippen molar-refractivity contribution in [2.75, 3.05) is 25.5 Å². The van der Waals surface area contributed by atoms with Crippen molar-refractivity contribution >= 4 is 17.5 Å². The maximum absolute atomic E-state index is 12.9. The van der Waals surface area contributed by atoms with Gasteiger partial charge < -0.3 is 15.0 Å². The standard InChI is InChI=1S/C23H24N4O3/c1-30-18-6-4-5-17(15-18)19-7-2-3-8-20(19)25-22(28)16-10-13-27(14-11-16)23(29)21-9-12-24-26-21/h2-9,12,15-16H,10-11,13-14H2,1H3,(H,24,26)(H,25,28). The number of nitrogens with zero attached hydrogens (tertiary/aromatic N) is 2. The number of carbonyl (C=O) groups excluding carboxylic acids is 2. The van der Waals surface area contributed by atoms with Crippen molar-refractivity contribution in [1.29, 1.82) is 0 Å². The number of para-hydroxylation sites is 1. The van der Waals surface area contributed by atoms with E-state index in [1.807, 2.05) is 48.5 Å². The Bertz CT molecular complexity index is 1020. The number of carbonyl (C=O) groups is 2. The molecule has 3 aromatic rings. The van der Waals surface area contributed by atoms with Crippen molar-refractivity contribution in [3.8, 4) is 16.9 Å². The number of likely N-dealkylation sites (tertiary alicyclic amines) is 1. The Morgan fingerprint density at radius 3 is 2.63 bits per heavy atom. The topological polar surface area (TPSA) is 87.3 Å². The fraction of sp³-hybridized carbons (Fsp3) is 0.261. The number of hydrogen-bond acceptors (Lipinski definition) is 4. The molecule has 1 aliphatic heterocycles. The van der Waals surface area contributed by atoms with Crippen molar-refractivity contribution in [3.63, 3.8) is 0 Å². The summed E-state index contributed by atoms with van der Waals surface area (Å²) in [6, 6.07) is 17.2. The van der Waals surface area contributed by atoms with E-state index < -0.39 is 0 Å². The zero-order valence-corrected chi connectivity index (χ0v) is 16.8. The third kappa shape index (κ3) is 4.20. The number of benzene rings is 2. The average molecular weight is 404 g/mol. The van der Waals surface area contributed by atoms with Gasteiger partial charge in [0, 0.05) is 36.5 Å². The summed E-state index contributed by atoms with van der Waals surface area (Å²) in [5, 5.41) is 9.62. The number of anilines is 1. The van der Waals surface area contributed by atoms with Gasteiger partial charge >= 0.3 is 0 Å². The zero-order valence-electron chi connectivity index (χ0n) is 16.8. The lowest BCUT2D eigenvalue weighted by Crippen LogP contribution is -2.41. The smallest absolute Gasteiger partial charge is 0.271 e. The van der Waals surface area contributed by atoms with Gasteiger partial charge in [-0.15, -0.1) is 0 Å². The van der Waals surface area contributed by atoms with Crippen molar-refractivity contribution in [2.24, 2.45) is 5.92 Å². The molecule has 2 N–H and O–H groups in total. The monoisotopic (exact) mass is 404 g/mol. The summed E-state index contributed by atoms with van der Waals surface area (Å²) in [7, 11) is 1.64. The molecule has 0 bridgehead atoms. The Labute approximate surface area is 175 Å². The molecule has 0 atom stereocenters. The van der Waals surface area contributed by atoms with Crippen LogP contribution in [0.5, 0.6) is 5.75 Å². The molecule has 0 radical (unpaired) electrons. The van der Waals surface area contributed by atoms with Gasteiger partial charge in [-0.1, -0.05) is 30.3 Å². The summed E-state index contributed by atoms with van der Waals surface area (Å²) >= 11 is 0. The Morgan fingerprint density at radius 2 is 1.90 bits per heavy atom. The van der Waals surface area contributed by atoms with Crippen LogP contribution < -0.4 is 10.1 Å². The molecule has 1 aromatic heterocycles. The van der Waals surface area contributed by atoms with Gasteiger partial charge in [-0.3, -0.25) is 14.7 Å². The first kappa shape index (κ1) is 19.7. The lowest BCUT2D eigenvalue weighted by Gasteiger charge is -2.31. The van der Waals surface area contributed by atoms with E-state index in [9.17, 15) is 9.59 Å². The molecule has 30 heavy (non-hydrogen) atoms. The molecule has 7 heteroatoms. The van der Waals surface area contributed by atoms with E-state index in [1.165, 1.54) is 0 Å². The van der Waals surface area contributed by atoms with Crippen LogP contribution >= 0.6 is 0 Å². The Balaban J connectivity index is 1.42. The highest BCUT2D eigenvalue weighted by Gasteiger charge is 2.28. The predicted octanol–water partition coefficient (Wildman–Crippen LogP) is 3.58. The van der Waals surface area contributed by atoms with Gasteiger partial charge in [-0.2, -0.15) is 5.10 Å². The fourth-order valence-corrected chi connectivity index (χ4v) is 3.76. The minimum Gasteiger partial charge on any atom is -0.497 e. The molecule has 0 spiro atoms. The van der Waals surface area contributed by atoms with Gasteiger partial charge in [0.2, 0.25) is 5.91 Å². The first-order chi connectivity index (χ1) is 14.7. The molecule has 1 aliphatic rings. The lowest BCUT2D eigenvalue weighted by atomic mass is 9.95. The molecule has 2 amide bonds. The molecule has 154 valence electrons. The van der Waals surface area contributed by atoms with E-state index in [0.29, 0.717) is 31.6 Å². The highest BCUT2D eigenvalue weighted by molar-refractivity contribution is 5.97. The van der Waals surface area contributed by atoms with Crippen molar-refractivity contribution in [2.45, 2.75) is 12.8 Å². The van der Waals surface area contributed by atoms with Gasteiger partial charge in [0.05, 0.1) is 7.11 Å². The van der Waals surface area contributed by atoms with Crippen LogP contribution in [0.4, 0.5) is 5.69 Å². The predicted molar refractivity (Wildman–Crippen MR) is 114 cm³/mol. The van der Waals surface area contributed by atoms with Crippen LogP contribution in [0.15, 0.2) is 60.8 Å². The van der Waals surface area contributed by atoms with E-state index in [1.54, 1.807) is 24.3 Å². The summed E-state index contributed by atoms with van der Waals surface area (Å²) in [5.74, 6) is 0.547. The third-order valence-electron chi connectivity index (χ3n) is 5.45. The number of methoxy groups -OCH3 is 1. The number of nitrogens with one attached hydrogen (secondary N) is 2. The quantitative estimate of drug-likeness (QED) is 0.681. The Kier molecular flexibility index (Phi) is 5.79. The molecule has 1 fully saturated rings. The molecule has 0 aliphatic carbocycles. The molecule has 4 rings (SSSR count). The van der Waals surface area contributed by atoms with Crippen LogP contribution in [0.3, 0.4) is 0 Å². The number of aromatic nitrogens is 2. The summed E-state index contributed by atoms with van der Waals surface area (Å²) < 4.78 is 5.32. The first-order valence-corrected chi connectivity index (χ1v) is 9.98. The van der Waals surface area contributed by atoms with Crippen LogP contribution in [-0.4, -0.2) is 47.1 Å². The van der Waals surface area contributed by atoms with E-state index in [2.05, 4.69) is 15.5 Å². The molecule has 1 saturated heterocycles. The third-order valence-corrected chi connectivity index (χ3v) is 5.45. The number of hydrogen-bond donors (Lipinski definition) is 2. The van der Waals surface area contributed by atoms with Gasteiger partial charge in [0.25, 0.3) is 5.91 Å². The average Bonchev–Trinajstić information content (AvgIpc) is 3.34. The molecule has 7 nitrogen and oxygen atoms in total. The Hall–Kier alpha value is -3.61. The zero-order chi connectivity index (χ0) is 20.9. The van der Waals surface area contributed by atoms with Gasteiger partial charge in [-0.05, 0) is 42.7 Å². The van der Waals surface area contributed by atoms with Crippen LogP contribution in [0.2, 0.25) is 0 Å². The second-order valence-electron chi connectivity index (χ2n) is 7.30. The summed E-state index contributed by atoms with van der Waals surface area (Å²) in [6.07, 6.45) is 2.83. The molecule has 0 saturated carbocycles. The first-order valence-electron chi connectivity index (χ1n) is 9.98. The molecule has 2 aromatic carbocycles. The number of H-pyrrole nitrogens is 1. The number of ether oxygens (including phenoxy) is 1. The van der Waals surface area contributed by atoms with Gasteiger partial charge in [-0.25, -0.2) is 0 Å². The lowest BCUT2D eigenvalue weighted by molar-refractivity contribution is -0.121. The molecule has 0 unspecified atom stereocenters. The summed E-state index contributed by atoms with van der Waals surface area (Å²) in [6.45, 7) is 1.10. The van der Waals surface area contributed by atoms with Crippen molar-refractivity contribution in [3.05, 3.63) is 66.5 Å². The highest BCUT2D eigenvalue weighted by atomic mass is 16.5. The second kappa shape index (κ2) is 8.82. The van der Waals surface area contributed by atoms with E-state index in [-0.39, 0.29) is 17.7 Å². The second-order valence-corrected chi connectivity index (χ2v) is 7.30. The van der Waals surface area contributed by atoms with Gasteiger partial charge in [0.15, 0.2) is 0 Å². The summed E-state index contributed by atoms with van der Waals surface area (Å²) in [4.78, 5) is 27.1. The number of piperidine rings is 1. The number of rotatable bonds is 5. The maximum Gasteiger partial charge on any atom is 0.271 e. The van der Waals surface area contributed by atoms with E-state index >= 15 is 0 Å². The minimum absolute atomic E-state index is 0.0148. The Morgan fingerprint density at radius 1 is 1.10 bits per heavy atom. The van der Waals surface area contributed by atoms with E-state index in [4.69, 9.17) is 4.74 Å². The minimum atomic E-state index is -0.130. The normalized spacial score (nSPS) is 14.4. The summed E-state index contributed by atoms with van der Waals surface area (Å²) in [5.41, 5.74) is 3.17. The molecular weight excluding hydrogens is 380 g/mol. The van der Waals surface area contributed by atoms with E-state index in [0.717, 1.165) is 22.6 Å². The van der Waals surface area contributed by atoms with Gasteiger partial charge in [0.1, 0.15) is 11.4 Å². The van der Waals surface area contributed by atoms with Crippen LogP contribution in [0.1, 0.15) is 23.3 Å². The highest BCUT2D eigenvalue weighted by Crippen LogP contribution is 2.31. The number of aromatic amines is 1.